The minimum atomic E-state index is -0.291. The molecule has 1 fully saturated rings. The maximum absolute atomic E-state index is 6.45. The summed E-state index contributed by atoms with van der Waals surface area (Å²) in [7, 11) is 0. The van der Waals surface area contributed by atoms with Crippen LogP contribution in [0.5, 0.6) is 0 Å². The number of hydrogen-bond acceptors (Lipinski definition) is 3. The van der Waals surface area contributed by atoms with Gasteiger partial charge in [0.25, 0.3) is 0 Å². The Hall–Kier alpha value is -0.900. The molecule has 1 aliphatic heterocycles. The first-order chi connectivity index (χ1) is 15.0. The van der Waals surface area contributed by atoms with E-state index >= 15 is 0 Å². The molecule has 2 rings (SSSR count). The fraction of sp³-hybridized carbons (Fsp3) is 0.793. The Bertz CT molecular complexity index is 623. The van der Waals surface area contributed by atoms with Crippen molar-refractivity contribution in [2.75, 3.05) is 19.8 Å². The van der Waals surface area contributed by atoms with Crippen molar-refractivity contribution >= 4 is 0 Å². The van der Waals surface area contributed by atoms with E-state index in [0.717, 1.165) is 51.9 Å². The number of rotatable bonds is 13. The lowest BCUT2D eigenvalue weighted by molar-refractivity contribution is -0.161. The van der Waals surface area contributed by atoms with Gasteiger partial charge in [-0.2, -0.15) is 0 Å². The van der Waals surface area contributed by atoms with Gasteiger partial charge in [-0.15, -0.1) is 0 Å². The summed E-state index contributed by atoms with van der Waals surface area (Å²) in [6.07, 6.45) is 5.68. The van der Waals surface area contributed by atoms with Gasteiger partial charge in [-0.05, 0) is 76.3 Å². The second kappa shape index (κ2) is 12.5. The summed E-state index contributed by atoms with van der Waals surface area (Å²) in [4.78, 5) is 0. The molecule has 0 bridgehead atoms. The molecular weight excluding hydrogens is 396 g/mol. The Labute approximate surface area is 199 Å². The number of hydrogen-bond donors (Lipinski definition) is 0. The van der Waals surface area contributed by atoms with Crippen LogP contribution in [-0.4, -0.2) is 25.4 Å². The van der Waals surface area contributed by atoms with Crippen LogP contribution >= 0.6 is 0 Å². The van der Waals surface area contributed by atoms with E-state index < -0.39 is 0 Å². The van der Waals surface area contributed by atoms with Crippen molar-refractivity contribution in [2.24, 2.45) is 10.8 Å². The summed E-state index contributed by atoms with van der Waals surface area (Å²) in [6.45, 7) is 25.0. The van der Waals surface area contributed by atoms with E-state index in [0.29, 0.717) is 12.0 Å². The SMILES string of the molecule is CC.CCC(CC)(CC)COC(C)(C)c1ccc(COC(C)(C)CC2(CC)COC2)cc1. The van der Waals surface area contributed by atoms with Crippen LogP contribution in [0, 0.1) is 10.8 Å². The summed E-state index contributed by atoms with van der Waals surface area (Å²) in [5.41, 5.74) is 2.59. The molecule has 3 nitrogen and oxygen atoms in total. The van der Waals surface area contributed by atoms with Crippen LogP contribution < -0.4 is 0 Å². The third-order valence-electron chi connectivity index (χ3n) is 7.64. The molecule has 1 aromatic rings. The molecular formula is C29H52O3. The van der Waals surface area contributed by atoms with Gasteiger partial charge >= 0.3 is 0 Å². The van der Waals surface area contributed by atoms with E-state index in [1.807, 2.05) is 13.8 Å². The minimum Gasteiger partial charge on any atom is -0.380 e. The third-order valence-corrected chi connectivity index (χ3v) is 7.64. The molecule has 0 saturated carbocycles. The molecule has 0 radical (unpaired) electrons. The molecule has 186 valence electrons. The Balaban J connectivity index is 0.00000249. The molecule has 0 unspecified atom stereocenters. The fourth-order valence-corrected chi connectivity index (χ4v) is 4.53. The van der Waals surface area contributed by atoms with Crippen LogP contribution in [0.4, 0.5) is 0 Å². The summed E-state index contributed by atoms with van der Waals surface area (Å²) < 4.78 is 18.3. The number of ether oxygens (including phenoxy) is 3. The van der Waals surface area contributed by atoms with Crippen LogP contribution in [-0.2, 0) is 26.4 Å². The van der Waals surface area contributed by atoms with E-state index in [9.17, 15) is 0 Å². The molecule has 3 heteroatoms. The zero-order chi connectivity index (χ0) is 24.5. The fourth-order valence-electron chi connectivity index (χ4n) is 4.53. The molecule has 0 N–H and O–H groups in total. The molecule has 1 saturated heterocycles. The largest absolute Gasteiger partial charge is 0.380 e. The Morgan fingerprint density at radius 2 is 1.38 bits per heavy atom. The van der Waals surface area contributed by atoms with Gasteiger partial charge in [0.05, 0.1) is 37.6 Å². The van der Waals surface area contributed by atoms with E-state index in [-0.39, 0.29) is 16.6 Å². The predicted octanol–water partition coefficient (Wildman–Crippen LogP) is 8.29. The Kier molecular flexibility index (Phi) is 11.4. The Morgan fingerprint density at radius 1 is 0.844 bits per heavy atom. The molecule has 0 atom stereocenters. The molecule has 0 aliphatic carbocycles. The second-order valence-electron chi connectivity index (χ2n) is 10.6. The lowest BCUT2D eigenvalue weighted by atomic mass is 9.74. The smallest absolute Gasteiger partial charge is 0.0875 e. The van der Waals surface area contributed by atoms with Crippen LogP contribution in [0.1, 0.15) is 112 Å². The second-order valence-corrected chi connectivity index (χ2v) is 10.6. The summed E-state index contributed by atoms with van der Waals surface area (Å²) in [5.74, 6) is 0. The summed E-state index contributed by atoms with van der Waals surface area (Å²) >= 11 is 0. The van der Waals surface area contributed by atoms with Gasteiger partial charge < -0.3 is 14.2 Å². The van der Waals surface area contributed by atoms with E-state index in [2.05, 4.69) is 79.7 Å². The van der Waals surface area contributed by atoms with Gasteiger partial charge in [0, 0.05) is 5.41 Å². The van der Waals surface area contributed by atoms with Gasteiger partial charge in [0.2, 0.25) is 0 Å². The molecule has 0 aromatic heterocycles. The highest BCUT2D eigenvalue weighted by Gasteiger charge is 2.41. The van der Waals surface area contributed by atoms with Crippen LogP contribution in [0.2, 0.25) is 0 Å². The number of benzene rings is 1. The average Bonchev–Trinajstić information content (AvgIpc) is 2.78. The van der Waals surface area contributed by atoms with Crippen LogP contribution in [0.25, 0.3) is 0 Å². The monoisotopic (exact) mass is 448 g/mol. The van der Waals surface area contributed by atoms with Gasteiger partial charge in [-0.1, -0.05) is 65.8 Å². The van der Waals surface area contributed by atoms with Crippen molar-refractivity contribution in [3.05, 3.63) is 35.4 Å². The molecule has 1 aromatic carbocycles. The highest BCUT2D eigenvalue weighted by Crippen LogP contribution is 2.40. The maximum Gasteiger partial charge on any atom is 0.0875 e. The first-order valence-corrected chi connectivity index (χ1v) is 13.0. The average molecular weight is 449 g/mol. The first kappa shape index (κ1) is 29.1. The lowest BCUT2D eigenvalue weighted by Gasteiger charge is -2.45. The normalized spacial score (nSPS) is 16.2. The van der Waals surface area contributed by atoms with Crippen molar-refractivity contribution in [1.82, 2.24) is 0 Å². The van der Waals surface area contributed by atoms with Gasteiger partial charge in [-0.25, -0.2) is 0 Å². The third kappa shape index (κ3) is 7.85. The van der Waals surface area contributed by atoms with Gasteiger partial charge in [0.15, 0.2) is 0 Å². The molecule has 1 heterocycles. The van der Waals surface area contributed by atoms with Crippen molar-refractivity contribution in [1.29, 1.82) is 0 Å². The summed E-state index contributed by atoms with van der Waals surface area (Å²) in [5, 5.41) is 0. The van der Waals surface area contributed by atoms with Crippen LogP contribution in [0.3, 0.4) is 0 Å². The zero-order valence-electron chi connectivity index (χ0n) is 22.9. The highest BCUT2D eigenvalue weighted by molar-refractivity contribution is 5.26. The topological polar surface area (TPSA) is 27.7 Å². The zero-order valence-corrected chi connectivity index (χ0v) is 22.9. The van der Waals surface area contributed by atoms with Crippen molar-refractivity contribution in [3.63, 3.8) is 0 Å². The molecule has 0 spiro atoms. The van der Waals surface area contributed by atoms with Crippen molar-refractivity contribution in [2.45, 2.75) is 119 Å². The van der Waals surface area contributed by atoms with E-state index in [1.165, 1.54) is 11.1 Å². The molecule has 0 amide bonds. The molecule has 1 aliphatic rings. The summed E-state index contributed by atoms with van der Waals surface area (Å²) in [6, 6.07) is 8.77. The lowest BCUT2D eigenvalue weighted by Crippen LogP contribution is -2.47. The van der Waals surface area contributed by atoms with Gasteiger partial charge in [0.1, 0.15) is 0 Å². The maximum atomic E-state index is 6.45. The minimum absolute atomic E-state index is 0.148. The predicted molar refractivity (Wildman–Crippen MR) is 137 cm³/mol. The van der Waals surface area contributed by atoms with Gasteiger partial charge in [-0.3, -0.25) is 0 Å². The van der Waals surface area contributed by atoms with Crippen molar-refractivity contribution in [3.8, 4) is 0 Å². The first-order valence-electron chi connectivity index (χ1n) is 13.0. The quantitative estimate of drug-likeness (QED) is 0.304. The van der Waals surface area contributed by atoms with E-state index in [4.69, 9.17) is 14.2 Å². The van der Waals surface area contributed by atoms with Crippen LogP contribution in [0.15, 0.2) is 24.3 Å². The molecule has 32 heavy (non-hydrogen) atoms. The van der Waals surface area contributed by atoms with E-state index in [1.54, 1.807) is 0 Å². The highest BCUT2D eigenvalue weighted by atomic mass is 16.5. The Morgan fingerprint density at radius 3 is 1.78 bits per heavy atom. The van der Waals surface area contributed by atoms with Crippen molar-refractivity contribution < 1.29 is 14.2 Å². The standard InChI is InChI=1S/C27H46O3.C2H6/c1-9-26(10-2,11-3)21-30-25(7,8)23-15-13-22(14-16-23)17-29-24(5,6)18-27(12-4)19-28-20-27;1-2/h13-16H,9-12,17-21H2,1-8H3;1-2H3.